The third-order valence-corrected chi connectivity index (χ3v) is 5.12. The Morgan fingerprint density at radius 2 is 1.67 bits per heavy atom. The van der Waals surface area contributed by atoms with E-state index in [9.17, 15) is 0 Å². The van der Waals surface area contributed by atoms with Gasteiger partial charge in [-0.1, -0.05) is 63.7 Å². The average molecular weight is 520 g/mol. The Morgan fingerprint density at radius 3 is 2.00 bits per heavy atom. The van der Waals surface area contributed by atoms with Gasteiger partial charge in [0, 0.05) is 27.9 Å². The first kappa shape index (κ1) is 19.8. The Labute approximate surface area is 143 Å². The molecule has 1 saturated heterocycles. The molecule has 18 heavy (non-hydrogen) atoms. The average Bonchev–Trinajstić information content (AvgIpc) is 2.45. The number of halogens is 4. The molecule has 0 aromatic rings. The number of hydrogen-bond donors (Lipinski definition) is 1. The molecule has 0 amide bonds. The topological polar surface area (TPSA) is 38.7 Å². The Kier molecular flexibility index (Phi) is 15.1. The van der Waals surface area contributed by atoms with Crippen molar-refractivity contribution in [3.05, 3.63) is 0 Å². The van der Waals surface area contributed by atoms with Crippen molar-refractivity contribution in [2.24, 2.45) is 0 Å². The third-order valence-electron chi connectivity index (χ3n) is 2.18. The number of alkyl halides is 4. The van der Waals surface area contributed by atoms with Crippen LogP contribution in [0.3, 0.4) is 0 Å². The van der Waals surface area contributed by atoms with Crippen molar-refractivity contribution in [3.63, 3.8) is 0 Å². The van der Waals surface area contributed by atoms with Gasteiger partial charge in [0.05, 0.1) is 12.2 Å². The summed E-state index contributed by atoms with van der Waals surface area (Å²) >= 11 is 13.0. The van der Waals surface area contributed by atoms with Crippen LogP contribution in [0.2, 0.25) is 0 Å². The van der Waals surface area contributed by atoms with Crippen molar-refractivity contribution in [3.8, 4) is 0 Å². The van der Waals surface area contributed by atoms with Crippen molar-refractivity contribution >= 4 is 63.7 Å². The first-order valence-electron chi connectivity index (χ1n) is 5.86. The van der Waals surface area contributed by atoms with Crippen molar-refractivity contribution in [2.75, 3.05) is 27.9 Å². The number of hydrogen-bond acceptors (Lipinski definition) is 3. The van der Waals surface area contributed by atoms with E-state index in [1.54, 1.807) is 0 Å². The highest BCUT2D eigenvalue weighted by Gasteiger charge is 2.18. The molecule has 0 aromatic carbocycles. The van der Waals surface area contributed by atoms with Gasteiger partial charge in [0.1, 0.15) is 0 Å². The minimum Gasteiger partial charge on any atom is -0.391 e. The number of aliphatic hydroxyl groups excluding tert-OH is 1. The van der Waals surface area contributed by atoms with Crippen LogP contribution in [0.4, 0.5) is 0 Å². The van der Waals surface area contributed by atoms with E-state index in [4.69, 9.17) is 14.6 Å². The summed E-state index contributed by atoms with van der Waals surface area (Å²) in [5.41, 5.74) is 0. The lowest BCUT2D eigenvalue weighted by molar-refractivity contribution is -0.178. The molecular formula is C11H20Br4O3. The van der Waals surface area contributed by atoms with Gasteiger partial charge in [0.25, 0.3) is 0 Å². The second kappa shape index (κ2) is 13.8. The van der Waals surface area contributed by atoms with Crippen LogP contribution < -0.4 is 0 Å². The van der Waals surface area contributed by atoms with Crippen LogP contribution in [0.1, 0.15) is 19.3 Å². The molecule has 1 atom stereocenters. The molecule has 0 aliphatic carbocycles. The molecule has 1 aliphatic rings. The normalized spacial score (nSPS) is 19.8. The first-order chi connectivity index (χ1) is 8.67. The maximum Gasteiger partial charge on any atom is 0.158 e. The van der Waals surface area contributed by atoms with E-state index < -0.39 is 0 Å². The van der Waals surface area contributed by atoms with Crippen LogP contribution in [-0.2, 0) is 9.47 Å². The summed E-state index contributed by atoms with van der Waals surface area (Å²) < 4.78 is 11.1. The van der Waals surface area contributed by atoms with Gasteiger partial charge in [-0.25, -0.2) is 0 Å². The molecular weight excluding hydrogens is 500 g/mol. The molecule has 0 spiro atoms. The van der Waals surface area contributed by atoms with Gasteiger partial charge >= 0.3 is 0 Å². The molecule has 110 valence electrons. The summed E-state index contributed by atoms with van der Waals surface area (Å²) in [6.45, 7) is 0.849. The Bertz CT molecular complexity index is 172. The van der Waals surface area contributed by atoms with Crippen LogP contribution in [-0.4, -0.2) is 51.5 Å². The molecule has 0 bridgehead atoms. The molecule has 1 heterocycles. The van der Waals surface area contributed by atoms with Gasteiger partial charge in [-0.05, 0) is 19.3 Å². The highest BCUT2D eigenvalue weighted by Crippen LogP contribution is 2.16. The number of aliphatic hydroxyl groups is 1. The van der Waals surface area contributed by atoms with E-state index in [-0.39, 0.29) is 18.5 Å². The summed E-state index contributed by atoms with van der Waals surface area (Å²) in [5, 5.41) is 11.6. The maximum absolute atomic E-state index is 8.57. The predicted octanol–water partition coefficient (Wildman–Crippen LogP) is 3.83. The molecule has 0 aromatic heterocycles. The SMILES string of the molecule is BrCC(CBr)OC1CCCCO1.OC(CBr)CBr. The van der Waals surface area contributed by atoms with Crippen molar-refractivity contribution in [2.45, 2.75) is 37.8 Å². The quantitative estimate of drug-likeness (QED) is 0.542. The molecule has 1 N–H and O–H groups in total. The van der Waals surface area contributed by atoms with Gasteiger partial charge in [-0.3, -0.25) is 0 Å². The van der Waals surface area contributed by atoms with Gasteiger partial charge in [-0.15, -0.1) is 0 Å². The summed E-state index contributed by atoms with van der Waals surface area (Å²) in [6.07, 6.45) is 3.46. The van der Waals surface area contributed by atoms with Crippen LogP contribution in [0.5, 0.6) is 0 Å². The van der Waals surface area contributed by atoms with Crippen LogP contribution in [0.25, 0.3) is 0 Å². The molecule has 3 nitrogen and oxygen atoms in total. The fourth-order valence-electron chi connectivity index (χ4n) is 1.19. The third kappa shape index (κ3) is 10.6. The van der Waals surface area contributed by atoms with E-state index in [2.05, 4.69) is 63.7 Å². The molecule has 7 heteroatoms. The second-order valence-corrected chi connectivity index (χ2v) is 6.42. The van der Waals surface area contributed by atoms with Crippen LogP contribution in [0, 0.1) is 0 Å². The smallest absolute Gasteiger partial charge is 0.158 e. The first-order valence-corrected chi connectivity index (χ1v) is 10.4. The largest absolute Gasteiger partial charge is 0.391 e. The number of rotatable bonds is 6. The molecule has 1 unspecified atom stereocenters. The molecule has 1 fully saturated rings. The van der Waals surface area contributed by atoms with Gasteiger partial charge in [0.2, 0.25) is 0 Å². The van der Waals surface area contributed by atoms with Crippen molar-refractivity contribution < 1.29 is 14.6 Å². The minimum atomic E-state index is -0.231. The fraction of sp³-hybridized carbons (Fsp3) is 1.00. The fourth-order valence-corrected chi connectivity index (χ4v) is 3.64. The Balaban J connectivity index is 0.000000411. The monoisotopic (exact) mass is 516 g/mol. The Hall–Kier alpha value is 1.80. The molecule has 1 rings (SSSR count). The minimum absolute atomic E-state index is 0.0267. The van der Waals surface area contributed by atoms with Crippen molar-refractivity contribution in [1.82, 2.24) is 0 Å². The zero-order valence-electron chi connectivity index (χ0n) is 10.2. The van der Waals surface area contributed by atoms with Crippen LogP contribution in [0.15, 0.2) is 0 Å². The standard InChI is InChI=1S/C8H14Br2O2.C3H6Br2O/c9-5-7(6-10)12-8-3-1-2-4-11-8;4-1-3(6)2-5/h7-8H,1-6H2;3,6H,1-2H2. The lowest BCUT2D eigenvalue weighted by Gasteiger charge is -2.25. The summed E-state index contributed by atoms with van der Waals surface area (Å²) in [6, 6.07) is 0. The lowest BCUT2D eigenvalue weighted by atomic mass is 10.2. The zero-order chi connectivity index (χ0) is 13.8. The maximum atomic E-state index is 8.57. The molecule has 0 saturated carbocycles. The summed E-state index contributed by atoms with van der Waals surface area (Å²) in [4.78, 5) is 0. The Morgan fingerprint density at radius 1 is 1.06 bits per heavy atom. The van der Waals surface area contributed by atoms with E-state index in [1.165, 1.54) is 12.8 Å². The van der Waals surface area contributed by atoms with Crippen LogP contribution >= 0.6 is 63.7 Å². The van der Waals surface area contributed by atoms with E-state index in [1.807, 2.05) is 0 Å². The summed E-state index contributed by atoms with van der Waals surface area (Å²) in [5.74, 6) is 0. The molecule has 1 aliphatic heterocycles. The lowest BCUT2D eigenvalue weighted by Crippen LogP contribution is -2.29. The highest BCUT2D eigenvalue weighted by molar-refractivity contribution is 9.10. The molecule has 0 radical (unpaired) electrons. The summed E-state index contributed by atoms with van der Waals surface area (Å²) in [7, 11) is 0. The number of ether oxygens (including phenoxy) is 2. The van der Waals surface area contributed by atoms with E-state index >= 15 is 0 Å². The van der Waals surface area contributed by atoms with E-state index in [0.717, 1.165) is 23.7 Å². The van der Waals surface area contributed by atoms with Crippen molar-refractivity contribution in [1.29, 1.82) is 0 Å². The zero-order valence-corrected chi connectivity index (χ0v) is 16.5. The van der Waals surface area contributed by atoms with E-state index in [0.29, 0.717) is 10.7 Å². The van der Waals surface area contributed by atoms with Gasteiger partial charge in [-0.2, -0.15) is 0 Å². The highest BCUT2D eigenvalue weighted by atomic mass is 79.9. The van der Waals surface area contributed by atoms with Gasteiger partial charge < -0.3 is 14.6 Å². The van der Waals surface area contributed by atoms with Gasteiger partial charge in [0.15, 0.2) is 6.29 Å². The second-order valence-electron chi connectivity index (χ2n) is 3.83. The predicted molar refractivity (Wildman–Crippen MR) is 89.6 cm³/mol.